The average Bonchev–Trinajstić information content (AvgIpc) is 2.31. The molecule has 0 saturated carbocycles. The van der Waals surface area contributed by atoms with Gasteiger partial charge in [0.25, 0.3) is 0 Å². The van der Waals surface area contributed by atoms with E-state index in [1.54, 1.807) is 12.1 Å². The SMILES string of the molecule is CCC/C(C)=N\c1cc(C(=O)OC)ccc1C. The largest absolute Gasteiger partial charge is 0.465 e. The van der Waals surface area contributed by atoms with Gasteiger partial charge in [0.1, 0.15) is 0 Å². The van der Waals surface area contributed by atoms with Gasteiger partial charge < -0.3 is 4.74 Å². The topological polar surface area (TPSA) is 38.7 Å². The second-order valence-corrected chi connectivity index (χ2v) is 4.09. The number of aliphatic imine (C=N–C) groups is 1. The molecule has 0 aliphatic carbocycles. The quantitative estimate of drug-likeness (QED) is 0.588. The monoisotopic (exact) mass is 233 g/mol. The third-order valence-electron chi connectivity index (χ3n) is 2.55. The van der Waals surface area contributed by atoms with Gasteiger partial charge in [0.15, 0.2) is 0 Å². The first kappa shape index (κ1) is 13.4. The predicted octanol–water partition coefficient (Wildman–Crippen LogP) is 3.67. The Balaban J connectivity index is 3.06. The Bertz CT molecular complexity index is 436. The van der Waals surface area contributed by atoms with Crippen LogP contribution in [-0.4, -0.2) is 18.8 Å². The van der Waals surface area contributed by atoms with E-state index in [1.165, 1.54) is 7.11 Å². The van der Waals surface area contributed by atoms with Crippen molar-refractivity contribution in [1.29, 1.82) is 0 Å². The van der Waals surface area contributed by atoms with Gasteiger partial charge in [0.2, 0.25) is 0 Å². The zero-order chi connectivity index (χ0) is 12.8. The smallest absolute Gasteiger partial charge is 0.337 e. The van der Waals surface area contributed by atoms with E-state index >= 15 is 0 Å². The van der Waals surface area contributed by atoms with Crippen molar-refractivity contribution in [3.63, 3.8) is 0 Å². The Hall–Kier alpha value is -1.64. The number of carbonyl (C=O) groups is 1. The van der Waals surface area contributed by atoms with Crippen LogP contribution in [0.4, 0.5) is 5.69 Å². The minimum atomic E-state index is -0.324. The summed E-state index contributed by atoms with van der Waals surface area (Å²) in [4.78, 5) is 16.0. The highest BCUT2D eigenvalue weighted by Crippen LogP contribution is 2.21. The van der Waals surface area contributed by atoms with Crippen molar-refractivity contribution in [2.75, 3.05) is 7.11 Å². The average molecular weight is 233 g/mol. The first-order valence-electron chi connectivity index (χ1n) is 5.81. The second-order valence-electron chi connectivity index (χ2n) is 4.09. The highest BCUT2D eigenvalue weighted by atomic mass is 16.5. The summed E-state index contributed by atoms with van der Waals surface area (Å²) in [6, 6.07) is 5.43. The van der Waals surface area contributed by atoms with E-state index in [1.807, 2.05) is 19.9 Å². The fraction of sp³-hybridized carbons (Fsp3) is 0.429. The number of nitrogens with zero attached hydrogens (tertiary/aromatic N) is 1. The highest BCUT2D eigenvalue weighted by molar-refractivity contribution is 5.91. The van der Waals surface area contributed by atoms with Gasteiger partial charge in [0, 0.05) is 5.71 Å². The molecular weight excluding hydrogens is 214 g/mol. The highest BCUT2D eigenvalue weighted by Gasteiger charge is 2.07. The summed E-state index contributed by atoms with van der Waals surface area (Å²) in [6.07, 6.45) is 2.05. The first-order chi connectivity index (χ1) is 8.08. The minimum Gasteiger partial charge on any atom is -0.465 e. The number of esters is 1. The van der Waals surface area contributed by atoms with E-state index in [-0.39, 0.29) is 5.97 Å². The van der Waals surface area contributed by atoms with Crippen LogP contribution in [0.5, 0.6) is 0 Å². The van der Waals surface area contributed by atoms with Gasteiger partial charge in [-0.25, -0.2) is 4.79 Å². The van der Waals surface area contributed by atoms with Gasteiger partial charge in [-0.1, -0.05) is 19.4 Å². The molecule has 0 heterocycles. The van der Waals surface area contributed by atoms with Crippen LogP contribution < -0.4 is 0 Å². The standard InChI is InChI=1S/C14H19NO2/c1-5-6-11(3)15-13-9-12(14(16)17-4)8-7-10(13)2/h7-9H,5-6H2,1-4H3/b15-11-. The first-order valence-corrected chi connectivity index (χ1v) is 5.81. The number of hydrogen-bond acceptors (Lipinski definition) is 3. The molecule has 0 N–H and O–H groups in total. The molecule has 0 radical (unpaired) electrons. The summed E-state index contributed by atoms with van der Waals surface area (Å²) in [5.41, 5.74) is 3.53. The van der Waals surface area contributed by atoms with Crippen molar-refractivity contribution in [2.24, 2.45) is 4.99 Å². The molecule has 0 atom stereocenters. The number of hydrogen-bond donors (Lipinski definition) is 0. The van der Waals surface area contributed by atoms with E-state index in [9.17, 15) is 4.79 Å². The lowest BCUT2D eigenvalue weighted by molar-refractivity contribution is 0.0601. The van der Waals surface area contributed by atoms with E-state index in [0.29, 0.717) is 5.56 Å². The van der Waals surface area contributed by atoms with Crippen molar-refractivity contribution in [1.82, 2.24) is 0 Å². The Morgan fingerprint density at radius 2 is 2.12 bits per heavy atom. The summed E-state index contributed by atoms with van der Waals surface area (Å²) in [5.74, 6) is -0.324. The molecule has 1 rings (SSSR count). The van der Waals surface area contributed by atoms with Gasteiger partial charge in [-0.15, -0.1) is 0 Å². The van der Waals surface area contributed by atoms with E-state index in [0.717, 1.165) is 29.8 Å². The zero-order valence-corrected chi connectivity index (χ0v) is 10.9. The minimum absolute atomic E-state index is 0.324. The zero-order valence-electron chi connectivity index (χ0n) is 10.9. The molecule has 1 aromatic rings. The summed E-state index contributed by atoms with van der Waals surface area (Å²) < 4.78 is 4.70. The molecule has 0 fully saturated rings. The Kier molecular flexibility index (Phi) is 4.88. The van der Waals surface area contributed by atoms with Gasteiger partial charge in [-0.2, -0.15) is 0 Å². The number of methoxy groups -OCH3 is 1. The Morgan fingerprint density at radius 3 is 2.71 bits per heavy atom. The maximum Gasteiger partial charge on any atom is 0.337 e. The van der Waals surface area contributed by atoms with Gasteiger partial charge in [-0.05, 0) is 38.0 Å². The van der Waals surface area contributed by atoms with Gasteiger partial charge in [0.05, 0.1) is 18.4 Å². The summed E-state index contributed by atoms with van der Waals surface area (Å²) in [5, 5.41) is 0. The molecule has 0 bridgehead atoms. The molecule has 0 unspecified atom stereocenters. The molecule has 0 aliphatic rings. The number of benzene rings is 1. The third-order valence-corrected chi connectivity index (χ3v) is 2.55. The van der Waals surface area contributed by atoms with Crippen LogP contribution >= 0.6 is 0 Å². The van der Waals surface area contributed by atoms with E-state index in [2.05, 4.69) is 11.9 Å². The van der Waals surface area contributed by atoms with Gasteiger partial charge >= 0.3 is 5.97 Å². The van der Waals surface area contributed by atoms with Crippen molar-refractivity contribution in [3.8, 4) is 0 Å². The fourth-order valence-electron chi connectivity index (χ4n) is 1.60. The molecule has 0 saturated heterocycles. The van der Waals surface area contributed by atoms with Crippen LogP contribution in [0, 0.1) is 6.92 Å². The van der Waals surface area contributed by atoms with Crippen LogP contribution in [0.15, 0.2) is 23.2 Å². The molecule has 0 aliphatic heterocycles. The molecule has 17 heavy (non-hydrogen) atoms. The molecule has 0 aromatic heterocycles. The van der Waals surface area contributed by atoms with Gasteiger partial charge in [-0.3, -0.25) is 4.99 Å². The number of aryl methyl sites for hydroxylation is 1. The van der Waals surface area contributed by atoms with Crippen LogP contribution in [-0.2, 0) is 4.74 Å². The lowest BCUT2D eigenvalue weighted by atomic mass is 10.1. The molecule has 92 valence electrons. The molecular formula is C14H19NO2. The summed E-state index contributed by atoms with van der Waals surface area (Å²) in [6.45, 7) is 6.11. The van der Waals surface area contributed by atoms with Crippen LogP contribution in [0.2, 0.25) is 0 Å². The molecule has 1 aromatic carbocycles. The Morgan fingerprint density at radius 1 is 1.41 bits per heavy atom. The summed E-state index contributed by atoms with van der Waals surface area (Å²) >= 11 is 0. The predicted molar refractivity (Wildman–Crippen MR) is 70.2 cm³/mol. The van der Waals surface area contributed by atoms with Crippen molar-refractivity contribution in [2.45, 2.75) is 33.6 Å². The van der Waals surface area contributed by atoms with E-state index < -0.39 is 0 Å². The second kappa shape index (κ2) is 6.18. The normalized spacial score (nSPS) is 11.4. The summed E-state index contributed by atoms with van der Waals surface area (Å²) in [7, 11) is 1.38. The molecule has 0 amide bonds. The lowest BCUT2D eigenvalue weighted by Crippen LogP contribution is -2.01. The van der Waals surface area contributed by atoms with Crippen molar-refractivity contribution in [3.05, 3.63) is 29.3 Å². The van der Waals surface area contributed by atoms with Crippen molar-refractivity contribution >= 4 is 17.4 Å². The lowest BCUT2D eigenvalue weighted by Gasteiger charge is -2.05. The van der Waals surface area contributed by atoms with Crippen LogP contribution in [0.25, 0.3) is 0 Å². The molecule has 3 nitrogen and oxygen atoms in total. The maximum absolute atomic E-state index is 11.4. The number of ether oxygens (including phenoxy) is 1. The van der Waals surface area contributed by atoms with Crippen LogP contribution in [0.3, 0.4) is 0 Å². The Labute approximate surface area is 103 Å². The number of rotatable bonds is 4. The third kappa shape index (κ3) is 3.70. The van der Waals surface area contributed by atoms with Crippen molar-refractivity contribution < 1.29 is 9.53 Å². The molecule has 3 heteroatoms. The number of carbonyl (C=O) groups excluding carboxylic acids is 1. The maximum atomic E-state index is 11.4. The van der Waals surface area contributed by atoms with E-state index in [4.69, 9.17) is 4.74 Å². The van der Waals surface area contributed by atoms with Crippen LogP contribution in [0.1, 0.15) is 42.6 Å². The fourth-order valence-corrected chi connectivity index (χ4v) is 1.60. The molecule has 0 spiro atoms.